The maximum Gasteiger partial charge on any atom is 0.0218 e. The van der Waals surface area contributed by atoms with Gasteiger partial charge in [0.05, 0.1) is 0 Å². The maximum atomic E-state index is 3.61. The van der Waals surface area contributed by atoms with Gasteiger partial charge in [-0.3, -0.25) is 4.90 Å². The molecule has 0 aromatic carbocycles. The lowest BCUT2D eigenvalue weighted by molar-refractivity contribution is 0.0444. The number of rotatable bonds is 4. The molecule has 2 fully saturated rings. The molecule has 0 radical (unpaired) electrons. The average Bonchev–Trinajstić information content (AvgIpc) is 2.42. The number of nitrogens with one attached hydrogen (secondary N) is 1. The second kappa shape index (κ2) is 6.36. The zero-order chi connectivity index (χ0) is 13.0. The molecule has 0 spiro atoms. The van der Waals surface area contributed by atoms with Crippen LogP contribution in [-0.2, 0) is 0 Å². The summed E-state index contributed by atoms with van der Waals surface area (Å²) in [5.41, 5.74) is 0.548. The molecule has 2 saturated heterocycles. The number of likely N-dealkylation sites (N-methyl/N-ethyl adjacent to an activating group) is 1. The fraction of sp³-hybridized carbons (Fsp3) is 1.00. The highest BCUT2D eigenvalue weighted by Crippen LogP contribution is 2.31. The summed E-state index contributed by atoms with van der Waals surface area (Å²) in [6.45, 7) is 12.2. The molecule has 0 aliphatic carbocycles. The molecular formula is C15H31N3. The molecule has 3 nitrogen and oxygen atoms in total. The topological polar surface area (TPSA) is 18.5 Å². The van der Waals surface area contributed by atoms with E-state index in [-0.39, 0.29) is 0 Å². The minimum atomic E-state index is 0.548. The molecule has 18 heavy (non-hydrogen) atoms. The quantitative estimate of drug-likeness (QED) is 0.824. The van der Waals surface area contributed by atoms with E-state index < -0.39 is 0 Å². The van der Waals surface area contributed by atoms with Crippen LogP contribution in [0.5, 0.6) is 0 Å². The number of piperidine rings is 1. The smallest absolute Gasteiger partial charge is 0.0218 e. The molecule has 1 N–H and O–H groups in total. The largest absolute Gasteiger partial charge is 0.316 e. The summed E-state index contributed by atoms with van der Waals surface area (Å²) in [5.74, 6) is 0. The van der Waals surface area contributed by atoms with Crippen molar-refractivity contribution < 1.29 is 0 Å². The maximum absolute atomic E-state index is 3.61. The molecule has 106 valence electrons. The van der Waals surface area contributed by atoms with Crippen LogP contribution in [0.1, 0.15) is 39.5 Å². The van der Waals surface area contributed by atoms with Gasteiger partial charge in [0.2, 0.25) is 0 Å². The lowest BCUT2D eigenvalue weighted by Gasteiger charge is -2.45. The molecule has 0 amide bonds. The SMILES string of the molecule is CCC1CN(CC2(CC)CCCNC2)CCN1C. The first-order valence-corrected chi connectivity index (χ1v) is 7.82. The van der Waals surface area contributed by atoms with Gasteiger partial charge < -0.3 is 10.2 Å². The van der Waals surface area contributed by atoms with Gasteiger partial charge in [-0.1, -0.05) is 13.8 Å². The van der Waals surface area contributed by atoms with E-state index in [0.717, 1.165) is 6.04 Å². The monoisotopic (exact) mass is 253 g/mol. The third kappa shape index (κ3) is 3.25. The summed E-state index contributed by atoms with van der Waals surface area (Å²) in [6.07, 6.45) is 5.38. The Morgan fingerprint density at radius 3 is 2.72 bits per heavy atom. The fourth-order valence-corrected chi connectivity index (χ4v) is 3.65. The van der Waals surface area contributed by atoms with Crippen molar-refractivity contribution in [2.75, 3.05) is 46.3 Å². The molecule has 2 rings (SSSR count). The van der Waals surface area contributed by atoms with Crippen LogP contribution in [0.3, 0.4) is 0 Å². The minimum absolute atomic E-state index is 0.548. The van der Waals surface area contributed by atoms with Gasteiger partial charge in [0.1, 0.15) is 0 Å². The van der Waals surface area contributed by atoms with Gasteiger partial charge in [-0.2, -0.15) is 0 Å². The van der Waals surface area contributed by atoms with Gasteiger partial charge in [0.25, 0.3) is 0 Å². The van der Waals surface area contributed by atoms with E-state index in [1.807, 2.05) is 0 Å². The summed E-state index contributed by atoms with van der Waals surface area (Å²) in [4.78, 5) is 5.26. The highest BCUT2D eigenvalue weighted by molar-refractivity contribution is 4.90. The average molecular weight is 253 g/mol. The van der Waals surface area contributed by atoms with E-state index in [0.29, 0.717) is 5.41 Å². The van der Waals surface area contributed by atoms with Crippen LogP contribution in [-0.4, -0.2) is 62.2 Å². The summed E-state index contributed by atoms with van der Waals surface area (Å²) in [5, 5.41) is 3.61. The second-order valence-corrected chi connectivity index (χ2v) is 6.41. The van der Waals surface area contributed by atoms with Gasteiger partial charge >= 0.3 is 0 Å². The van der Waals surface area contributed by atoms with Crippen molar-refractivity contribution in [3.05, 3.63) is 0 Å². The first-order valence-electron chi connectivity index (χ1n) is 7.82. The summed E-state index contributed by atoms with van der Waals surface area (Å²) in [6, 6.07) is 0.768. The first-order chi connectivity index (χ1) is 8.69. The molecule has 0 aromatic rings. The summed E-state index contributed by atoms with van der Waals surface area (Å²) in [7, 11) is 2.28. The third-order valence-corrected chi connectivity index (χ3v) is 5.20. The Bertz CT molecular complexity index is 248. The molecule has 2 aliphatic rings. The second-order valence-electron chi connectivity index (χ2n) is 6.41. The van der Waals surface area contributed by atoms with Gasteiger partial charge in [-0.15, -0.1) is 0 Å². The molecule has 3 heteroatoms. The van der Waals surface area contributed by atoms with E-state index in [4.69, 9.17) is 0 Å². The normalized spacial score (nSPS) is 35.8. The van der Waals surface area contributed by atoms with Crippen molar-refractivity contribution in [2.45, 2.75) is 45.6 Å². The Hall–Kier alpha value is -0.120. The predicted molar refractivity (Wildman–Crippen MR) is 78.0 cm³/mol. The third-order valence-electron chi connectivity index (χ3n) is 5.20. The molecule has 0 aromatic heterocycles. The number of nitrogens with zero attached hydrogens (tertiary/aromatic N) is 2. The van der Waals surface area contributed by atoms with Gasteiger partial charge in [0, 0.05) is 38.8 Å². The van der Waals surface area contributed by atoms with E-state index in [1.165, 1.54) is 65.0 Å². The zero-order valence-electron chi connectivity index (χ0n) is 12.5. The van der Waals surface area contributed by atoms with Crippen LogP contribution in [0.25, 0.3) is 0 Å². The Balaban J connectivity index is 1.91. The fourth-order valence-electron chi connectivity index (χ4n) is 3.65. The van der Waals surface area contributed by atoms with E-state index >= 15 is 0 Å². The summed E-state index contributed by atoms with van der Waals surface area (Å²) < 4.78 is 0. The lowest BCUT2D eigenvalue weighted by Crippen LogP contribution is -2.55. The molecule has 2 unspecified atom stereocenters. The van der Waals surface area contributed by atoms with Crippen molar-refractivity contribution in [3.8, 4) is 0 Å². The Morgan fingerprint density at radius 2 is 2.11 bits per heavy atom. The number of hydrogen-bond acceptors (Lipinski definition) is 3. The molecule has 0 bridgehead atoms. The summed E-state index contributed by atoms with van der Waals surface area (Å²) >= 11 is 0. The van der Waals surface area contributed by atoms with Crippen LogP contribution in [0.15, 0.2) is 0 Å². The van der Waals surface area contributed by atoms with Crippen molar-refractivity contribution in [3.63, 3.8) is 0 Å². The first kappa shape index (κ1) is 14.3. The molecular weight excluding hydrogens is 222 g/mol. The Kier molecular flexibility index (Phi) is 5.05. The number of hydrogen-bond donors (Lipinski definition) is 1. The van der Waals surface area contributed by atoms with E-state index in [9.17, 15) is 0 Å². The van der Waals surface area contributed by atoms with Gasteiger partial charge in [0.15, 0.2) is 0 Å². The van der Waals surface area contributed by atoms with Crippen LogP contribution >= 0.6 is 0 Å². The minimum Gasteiger partial charge on any atom is -0.316 e. The lowest BCUT2D eigenvalue weighted by atomic mass is 9.77. The molecule has 2 heterocycles. The molecule has 0 saturated carbocycles. The zero-order valence-corrected chi connectivity index (χ0v) is 12.5. The Labute approximate surface area is 113 Å². The molecule has 2 atom stereocenters. The van der Waals surface area contributed by atoms with Crippen LogP contribution in [0.4, 0.5) is 0 Å². The molecule has 2 aliphatic heterocycles. The van der Waals surface area contributed by atoms with Crippen LogP contribution in [0.2, 0.25) is 0 Å². The van der Waals surface area contributed by atoms with Gasteiger partial charge in [-0.25, -0.2) is 0 Å². The highest BCUT2D eigenvalue weighted by Gasteiger charge is 2.34. The van der Waals surface area contributed by atoms with Crippen molar-refractivity contribution in [1.29, 1.82) is 0 Å². The van der Waals surface area contributed by atoms with Crippen molar-refractivity contribution in [1.82, 2.24) is 15.1 Å². The standard InChI is InChI=1S/C15H31N3/c1-4-14-11-18(10-9-17(14)3)13-15(5-2)7-6-8-16-12-15/h14,16H,4-13H2,1-3H3. The van der Waals surface area contributed by atoms with Gasteiger partial charge in [-0.05, 0) is 44.7 Å². The van der Waals surface area contributed by atoms with E-state index in [2.05, 4.69) is 36.0 Å². The van der Waals surface area contributed by atoms with Crippen LogP contribution in [0, 0.1) is 5.41 Å². The number of piperazine rings is 1. The highest BCUT2D eigenvalue weighted by atomic mass is 15.3. The van der Waals surface area contributed by atoms with Crippen molar-refractivity contribution >= 4 is 0 Å². The predicted octanol–water partition coefficient (Wildman–Crippen LogP) is 1.79. The van der Waals surface area contributed by atoms with Crippen LogP contribution < -0.4 is 5.32 Å². The van der Waals surface area contributed by atoms with E-state index in [1.54, 1.807) is 0 Å². The Morgan fingerprint density at radius 1 is 1.28 bits per heavy atom. The van der Waals surface area contributed by atoms with Crippen molar-refractivity contribution in [2.24, 2.45) is 5.41 Å².